The molecule has 0 N–H and O–H groups in total. The van der Waals surface area contributed by atoms with Crippen molar-refractivity contribution < 1.29 is 14.3 Å². The quantitative estimate of drug-likeness (QED) is 0.546. The Hall–Kier alpha value is -3.14. The Kier molecular flexibility index (Phi) is 4.99. The summed E-state index contributed by atoms with van der Waals surface area (Å²) in [5, 5.41) is 2.41. The fraction of sp³-hybridized carbons (Fsp3) is 0.308. The summed E-state index contributed by atoms with van der Waals surface area (Å²) in [6.45, 7) is 1.25. The van der Waals surface area contributed by atoms with Crippen LogP contribution in [0.25, 0.3) is 10.8 Å². The van der Waals surface area contributed by atoms with Crippen molar-refractivity contribution in [1.29, 1.82) is 0 Å². The van der Waals surface area contributed by atoms with E-state index in [0.717, 1.165) is 38.0 Å². The topological polar surface area (TPSA) is 46.6 Å². The first kappa shape index (κ1) is 18.9. The number of hydrogen-bond acceptors (Lipinski definition) is 3. The van der Waals surface area contributed by atoms with Crippen LogP contribution in [0.1, 0.15) is 46.4 Å². The maximum Gasteiger partial charge on any atom is 0.261 e. The van der Waals surface area contributed by atoms with Crippen LogP contribution in [-0.4, -0.2) is 29.9 Å². The molecule has 3 aromatic rings. The first-order valence-electron chi connectivity index (χ1n) is 10.8. The second-order valence-corrected chi connectivity index (χ2v) is 8.47. The van der Waals surface area contributed by atoms with E-state index in [4.69, 9.17) is 4.74 Å². The van der Waals surface area contributed by atoms with E-state index in [0.29, 0.717) is 29.5 Å². The van der Waals surface area contributed by atoms with E-state index in [1.54, 1.807) is 12.1 Å². The Balaban J connectivity index is 1.13. The number of carbonyl (C=O) groups is 2. The van der Waals surface area contributed by atoms with Crippen molar-refractivity contribution in [3.05, 3.63) is 77.9 Å². The van der Waals surface area contributed by atoms with Crippen LogP contribution in [0.4, 0.5) is 0 Å². The minimum Gasteiger partial charge on any atom is -0.493 e. The summed E-state index contributed by atoms with van der Waals surface area (Å²) < 4.78 is 6.08. The van der Waals surface area contributed by atoms with E-state index in [2.05, 4.69) is 24.3 Å². The molecule has 2 aliphatic rings. The Morgan fingerprint density at radius 2 is 1.33 bits per heavy atom. The number of imide groups is 1. The van der Waals surface area contributed by atoms with E-state index in [-0.39, 0.29) is 11.8 Å². The van der Waals surface area contributed by atoms with Crippen molar-refractivity contribution in [1.82, 2.24) is 4.90 Å². The van der Waals surface area contributed by atoms with Gasteiger partial charge < -0.3 is 4.74 Å². The van der Waals surface area contributed by atoms with Gasteiger partial charge in [0.05, 0.1) is 17.7 Å². The Bertz CT molecular complexity index is 1060. The predicted molar refractivity (Wildman–Crippen MR) is 117 cm³/mol. The SMILES string of the molecule is O=C1c2ccccc2C(=O)N1CC1CCC(COc2ccc3ccccc3c2)CC1. The molecule has 4 heteroatoms. The predicted octanol–water partition coefficient (Wildman–Crippen LogP) is 5.32. The van der Waals surface area contributed by atoms with Crippen molar-refractivity contribution in [2.24, 2.45) is 11.8 Å². The molecular weight excluding hydrogens is 374 g/mol. The van der Waals surface area contributed by atoms with Crippen LogP contribution in [0.15, 0.2) is 66.7 Å². The molecule has 152 valence electrons. The van der Waals surface area contributed by atoms with Gasteiger partial charge in [-0.3, -0.25) is 14.5 Å². The van der Waals surface area contributed by atoms with Gasteiger partial charge in [0.2, 0.25) is 0 Å². The molecular formula is C26H25NO3. The molecule has 1 aliphatic carbocycles. The Morgan fingerprint density at radius 3 is 2.03 bits per heavy atom. The Morgan fingerprint density at radius 1 is 0.733 bits per heavy atom. The van der Waals surface area contributed by atoms with Gasteiger partial charge in [-0.05, 0) is 72.6 Å². The van der Waals surface area contributed by atoms with Gasteiger partial charge in [0, 0.05) is 6.54 Å². The molecule has 0 spiro atoms. The molecule has 5 rings (SSSR count). The monoisotopic (exact) mass is 399 g/mol. The number of nitrogens with zero attached hydrogens (tertiary/aromatic N) is 1. The zero-order chi connectivity index (χ0) is 20.5. The third-order valence-corrected chi connectivity index (χ3v) is 6.49. The van der Waals surface area contributed by atoms with Crippen LogP contribution in [0, 0.1) is 11.8 Å². The van der Waals surface area contributed by atoms with Crippen molar-refractivity contribution in [3.8, 4) is 5.75 Å². The standard InChI is InChI=1S/C26H25NO3/c28-25-23-7-3-4-8-24(23)26(29)27(25)16-18-9-11-19(12-10-18)17-30-22-14-13-20-5-1-2-6-21(20)15-22/h1-8,13-15,18-19H,9-12,16-17H2. The molecule has 30 heavy (non-hydrogen) atoms. The van der Waals surface area contributed by atoms with Crippen LogP contribution in [-0.2, 0) is 0 Å². The normalized spacial score (nSPS) is 21.1. The second-order valence-electron chi connectivity index (χ2n) is 8.47. The van der Waals surface area contributed by atoms with Crippen molar-refractivity contribution in [2.75, 3.05) is 13.2 Å². The van der Waals surface area contributed by atoms with E-state index in [1.165, 1.54) is 15.7 Å². The zero-order valence-electron chi connectivity index (χ0n) is 16.9. The highest BCUT2D eigenvalue weighted by atomic mass is 16.5. The zero-order valence-corrected chi connectivity index (χ0v) is 16.9. The first-order chi connectivity index (χ1) is 14.7. The number of ether oxygens (including phenoxy) is 1. The lowest BCUT2D eigenvalue weighted by atomic mass is 9.82. The molecule has 0 saturated heterocycles. The maximum atomic E-state index is 12.6. The Labute approximate surface area is 176 Å². The van der Waals surface area contributed by atoms with Crippen molar-refractivity contribution in [3.63, 3.8) is 0 Å². The molecule has 1 saturated carbocycles. The second kappa shape index (κ2) is 7.94. The number of hydrogen-bond donors (Lipinski definition) is 0. The van der Waals surface area contributed by atoms with Crippen LogP contribution in [0.2, 0.25) is 0 Å². The highest BCUT2D eigenvalue weighted by molar-refractivity contribution is 6.21. The lowest BCUT2D eigenvalue weighted by Crippen LogP contribution is -2.36. The van der Waals surface area contributed by atoms with Gasteiger partial charge in [-0.25, -0.2) is 0 Å². The molecule has 1 aliphatic heterocycles. The minimum atomic E-state index is -0.141. The van der Waals surface area contributed by atoms with Crippen molar-refractivity contribution in [2.45, 2.75) is 25.7 Å². The van der Waals surface area contributed by atoms with Gasteiger partial charge in [0.25, 0.3) is 11.8 Å². The van der Waals surface area contributed by atoms with Crippen LogP contribution in [0.5, 0.6) is 5.75 Å². The fourth-order valence-corrected chi connectivity index (χ4v) is 4.72. The van der Waals surface area contributed by atoms with Gasteiger partial charge in [-0.15, -0.1) is 0 Å². The average molecular weight is 399 g/mol. The van der Waals surface area contributed by atoms with E-state index in [1.807, 2.05) is 30.3 Å². The number of benzene rings is 3. The van der Waals surface area contributed by atoms with Gasteiger partial charge in [0.15, 0.2) is 0 Å². The lowest BCUT2D eigenvalue weighted by molar-refractivity contribution is 0.0604. The molecule has 3 aromatic carbocycles. The number of amides is 2. The molecule has 0 atom stereocenters. The molecule has 0 unspecified atom stereocenters. The summed E-state index contributed by atoms with van der Waals surface area (Å²) in [6.07, 6.45) is 4.20. The highest BCUT2D eigenvalue weighted by Crippen LogP contribution is 2.32. The number of fused-ring (bicyclic) bond motifs is 2. The average Bonchev–Trinajstić information content (AvgIpc) is 3.03. The molecule has 1 heterocycles. The largest absolute Gasteiger partial charge is 0.493 e. The lowest BCUT2D eigenvalue weighted by Gasteiger charge is -2.30. The molecule has 1 fully saturated rings. The third kappa shape index (κ3) is 3.58. The molecule has 2 amide bonds. The smallest absolute Gasteiger partial charge is 0.261 e. The number of rotatable bonds is 5. The summed E-state index contributed by atoms with van der Waals surface area (Å²) in [6, 6.07) is 21.7. The van der Waals surface area contributed by atoms with Crippen LogP contribution in [0.3, 0.4) is 0 Å². The molecule has 0 bridgehead atoms. The van der Waals surface area contributed by atoms with Gasteiger partial charge in [-0.1, -0.05) is 42.5 Å². The van der Waals surface area contributed by atoms with E-state index < -0.39 is 0 Å². The minimum absolute atomic E-state index is 0.141. The van der Waals surface area contributed by atoms with Gasteiger partial charge in [-0.2, -0.15) is 0 Å². The molecule has 4 nitrogen and oxygen atoms in total. The third-order valence-electron chi connectivity index (χ3n) is 6.49. The van der Waals surface area contributed by atoms with Crippen LogP contribution < -0.4 is 4.74 Å². The summed E-state index contributed by atoms with van der Waals surface area (Å²) in [5.74, 6) is 1.54. The summed E-state index contributed by atoms with van der Waals surface area (Å²) in [7, 11) is 0. The summed E-state index contributed by atoms with van der Waals surface area (Å²) in [4.78, 5) is 26.6. The summed E-state index contributed by atoms with van der Waals surface area (Å²) >= 11 is 0. The van der Waals surface area contributed by atoms with Gasteiger partial charge >= 0.3 is 0 Å². The highest BCUT2D eigenvalue weighted by Gasteiger charge is 2.37. The molecule has 0 aromatic heterocycles. The van der Waals surface area contributed by atoms with Gasteiger partial charge in [0.1, 0.15) is 5.75 Å². The summed E-state index contributed by atoms with van der Waals surface area (Å²) in [5.41, 5.74) is 1.08. The van der Waals surface area contributed by atoms with E-state index >= 15 is 0 Å². The molecule has 0 radical (unpaired) electrons. The van der Waals surface area contributed by atoms with E-state index in [9.17, 15) is 9.59 Å². The number of carbonyl (C=O) groups excluding carboxylic acids is 2. The first-order valence-corrected chi connectivity index (χ1v) is 10.8. The van der Waals surface area contributed by atoms with Crippen LogP contribution >= 0.6 is 0 Å². The van der Waals surface area contributed by atoms with Crippen molar-refractivity contribution >= 4 is 22.6 Å². The maximum absolute atomic E-state index is 12.6. The fourth-order valence-electron chi connectivity index (χ4n) is 4.72.